The average molecular weight is 553 g/mol. The van der Waals surface area contributed by atoms with E-state index in [9.17, 15) is 5.11 Å². The van der Waals surface area contributed by atoms with Crippen LogP contribution in [-0.2, 0) is 23.4 Å². The molecule has 0 saturated carbocycles. The van der Waals surface area contributed by atoms with Gasteiger partial charge in [0.1, 0.15) is 19.0 Å². The second-order valence-corrected chi connectivity index (χ2v) is 15.8. The van der Waals surface area contributed by atoms with E-state index in [2.05, 4.69) is 94.5 Å². The third kappa shape index (κ3) is 7.35. The number of epoxide rings is 1. The summed E-state index contributed by atoms with van der Waals surface area (Å²) in [4.78, 5) is 0. The Balaban J connectivity index is 1.77. The zero-order valence-corrected chi connectivity index (χ0v) is 24.9. The van der Waals surface area contributed by atoms with Crippen molar-refractivity contribution in [3.63, 3.8) is 0 Å². The van der Waals surface area contributed by atoms with E-state index in [0.29, 0.717) is 13.0 Å². The molecule has 7 heteroatoms. The summed E-state index contributed by atoms with van der Waals surface area (Å²) in [6.45, 7) is 9.69. The molecule has 2 aromatic carbocycles. The number of methoxy groups -OCH3 is 1. The highest BCUT2D eigenvalue weighted by Gasteiger charge is 2.53. The maximum Gasteiger partial charge on any atom is 0.261 e. The summed E-state index contributed by atoms with van der Waals surface area (Å²) < 4.78 is 31.0. The van der Waals surface area contributed by atoms with Crippen LogP contribution in [0, 0.1) is 0 Å². The third-order valence-corrected chi connectivity index (χ3v) is 12.7. The lowest BCUT2D eigenvalue weighted by Crippen LogP contribution is -2.68. The summed E-state index contributed by atoms with van der Waals surface area (Å²) in [5.41, 5.74) is 1.32. The largest absolute Gasteiger partial charge is 0.401 e. The predicted octanol–water partition coefficient (Wildman–Crippen LogP) is 4.36. The molecule has 39 heavy (non-hydrogen) atoms. The molecule has 2 aliphatic rings. The smallest absolute Gasteiger partial charge is 0.261 e. The lowest BCUT2D eigenvalue weighted by Gasteiger charge is -2.46. The molecule has 0 radical (unpaired) electrons. The zero-order valence-electron chi connectivity index (χ0n) is 23.9. The Kier molecular flexibility index (Phi) is 10.3. The number of aliphatic hydroxyl groups excluding tert-OH is 1. The van der Waals surface area contributed by atoms with Crippen LogP contribution in [0.1, 0.15) is 40.5 Å². The minimum Gasteiger partial charge on any atom is -0.401 e. The van der Waals surface area contributed by atoms with Gasteiger partial charge in [-0.05, 0) is 28.8 Å². The first-order chi connectivity index (χ1) is 18.8. The van der Waals surface area contributed by atoms with Crippen LogP contribution in [0.4, 0.5) is 0 Å². The first-order valence-corrected chi connectivity index (χ1v) is 15.8. The van der Waals surface area contributed by atoms with Crippen molar-refractivity contribution < 1.29 is 28.5 Å². The van der Waals surface area contributed by atoms with Crippen LogP contribution in [0.5, 0.6) is 0 Å². The molecule has 0 aromatic heterocycles. The minimum absolute atomic E-state index is 0.00242. The molecule has 0 unspecified atom stereocenters. The summed E-state index contributed by atoms with van der Waals surface area (Å²) in [6.07, 6.45) is 6.72. The Morgan fingerprint density at radius 1 is 1.03 bits per heavy atom. The Morgan fingerprint density at radius 2 is 1.67 bits per heavy atom. The molecule has 5 atom stereocenters. The average Bonchev–Trinajstić information content (AvgIpc) is 3.69. The highest BCUT2D eigenvalue weighted by atomic mass is 28.4. The van der Waals surface area contributed by atoms with Crippen LogP contribution in [0.25, 0.3) is 0 Å². The Labute approximate surface area is 234 Å². The van der Waals surface area contributed by atoms with Gasteiger partial charge in [-0.25, -0.2) is 0 Å². The predicted molar refractivity (Wildman–Crippen MR) is 157 cm³/mol. The van der Waals surface area contributed by atoms with E-state index in [-0.39, 0.29) is 42.9 Å². The lowest BCUT2D eigenvalue weighted by molar-refractivity contribution is -0.0918. The Bertz CT molecular complexity index is 1040. The molecule has 1 saturated heterocycles. The van der Waals surface area contributed by atoms with Crippen LogP contribution in [-0.4, -0.2) is 71.1 Å². The van der Waals surface area contributed by atoms with Gasteiger partial charge < -0.3 is 28.5 Å². The highest BCUT2D eigenvalue weighted by Crippen LogP contribution is 2.40. The molecule has 0 aliphatic carbocycles. The second-order valence-electron chi connectivity index (χ2n) is 11.5. The van der Waals surface area contributed by atoms with Gasteiger partial charge in [0, 0.05) is 13.5 Å². The molecule has 4 rings (SSSR count). The molecule has 0 amide bonds. The van der Waals surface area contributed by atoms with Crippen molar-refractivity contribution in [2.75, 3.05) is 27.1 Å². The third-order valence-electron chi connectivity index (χ3n) is 7.60. The second kappa shape index (κ2) is 13.5. The van der Waals surface area contributed by atoms with E-state index in [0.717, 1.165) is 6.42 Å². The molecule has 1 N–H and O–H groups in total. The van der Waals surface area contributed by atoms with Crippen molar-refractivity contribution in [3.05, 3.63) is 84.5 Å². The monoisotopic (exact) mass is 552 g/mol. The van der Waals surface area contributed by atoms with Crippen molar-refractivity contribution in [2.45, 2.75) is 76.1 Å². The van der Waals surface area contributed by atoms with Crippen molar-refractivity contribution in [3.8, 4) is 0 Å². The fourth-order valence-corrected chi connectivity index (χ4v) is 10.2. The molecule has 1 fully saturated rings. The van der Waals surface area contributed by atoms with Crippen LogP contribution in [0.3, 0.4) is 0 Å². The quantitative estimate of drug-likeness (QED) is 0.172. The number of benzene rings is 2. The van der Waals surface area contributed by atoms with Crippen molar-refractivity contribution >= 4 is 18.7 Å². The SMILES string of the molecule is COCO[C@@H](/C=C/[C@@H]1CC(C)=CCO1)[C@H](C[C@@H]1O[C@H]1CO)O[Si](c1ccccc1)(c1ccccc1)C(C)(C)C. The molecular formula is C32H44O6Si. The van der Waals surface area contributed by atoms with E-state index in [4.69, 9.17) is 23.4 Å². The van der Waals surface area contributed by atoms with Gasteiger partial charge >= 0.3 is 0 Å². The number of hydrogen-bond acceptors (Lipinski definition) is 6. The van der Waals surface area contributed by atoms with E-state index in [1.165, 1.54) is 15.9 Å². The molecule has 2 heterocycles. The molecule has 2 aliphatic heterocycles. The first-order valence-electron chi connectivity index (χ1n) is 13.9. The Hall–Kier alpha value is -2.10. The molecule has 6 nitrogen and oxygen atoms in total. The molecular weight excluding hydrogens is 508 g/mol. The molecule has 212 valence electrons. The number of aliphatic hydroxyl groups is 1. The topological polar surface area (TPSA) is 69.7 Å². The van der Waals surface area contributed by atoms with Crippen molar-refractivity contribution in [2.24, 2.45) is 0 Å². The van der Waals surface area contributed by atoms with Gasteiger partial charge in [0.05, 0.1) is 31.5 Å². The van der Waals surface area contributed by atoms with Gasteiger partial charge in [-0.15, -0.1) is 0 Å². The molecule has 2 aromatic rings. The number of ether oxygens (including phenoxy) is 4. The standard InChI is InChI=1S/C32H44O6Si/c1-24-18-19-35-25(20-24)16-17-28(36-23-34-5)30(21-29-31(22-33)37-29)38-39(32(2,3)4,26-12-8-6-9-13-26)27-14-10-7-11-15-27/h6-18,25,28-31,33H,19-23H2,1-5H3/b17-16+/t25-,28+,29+,30+,31+/m1/s1. The van der Waals surface area contributed by atoms with Gasteiger partial charge in [-0.2, -0.15) is 0 Å². The van der Waals surface area contributed by atoms with Crippen molar-refractivity contribution in [1.29, 1.82) is 0 Å². The van der Waals surface area contributed by atoms with Crippen LogP contribution >= 0.6 is 0 Å². The number of hydrogen-bond donors (Lipinski definition) is 1. The first kappa shape index (κ1) is 29.9. The van der Waals surface area contributed by atoms with Crippen LogP contribution in [0.2, 0.25) is 5.04 Å². The fraction of sp³-hybridized carbons (Fsp3) is 0.500. The Morgan fingerprint density at radius 3 is 2.18 bits per heavy atom. The summed E-state index contributed by atoms with van der Waals surface area (Å²) in [5, 5.41) is 12.0. The maximum absolute atomic E-state index is 9.74. The summed E-state index contributed by atoms with van der Waals surface area (Å²) >= 11 is 0. The van der Waals surface area contributed by atoms with Gasteiger partial charge in [0.2, 0.25) is 0 Å². The highest BCUT2D eigenvalue weighted by molar-refractivity contribution is 6.99. The number of rotatable bonds is 13. The van der Waals surface area contributed by atoms with Crippen molar-refractivity contribution in [1.82, 2.24) is 0 Å². The van der Waals surface area contributed by atoms with Crippen LogP contribution < -0.4 is 10.4 Å². The van der Waals surface area contributed by atoms with E-state index >= 15 is 0 Å². The van der Waals surface area contributed by atoms with Gasteiger partial charge in [-0.3, -0.25) is 0 Å². The normalized spacial score (nSPS) is 23.4. The molecule has 0 spiro atoms. The zero-order chi connectivity index (χ0) is 27.9. The van der Waals surface area contributed by atoms with E-state index in [1.807, 2.05) is 12.1 Å². The fourth-order valence-electron chi connectivity index (χ4n) is 5.51. The lowest BCUT2D eigenvalue weighted by atomic mass is 10.0. The summed E-state index contributed by atoms with van der Waals surface area (Å²) in [5.74, 6) is 0. The van der Waals surface area contributed by atoms with Gasteiger partial charge in [0.25, 0.3) is 8.32 Å². The van der Waals surface area contributed by atoms with Crippen LogP contribution in [0.15, 0.2) is 84.5 Å². The van der Waals surface area contributed by atoms with Gasteiger partial charge in [-0.1, -0.05) is 105 Å². The van der Waals surface area contributed by atoms with Gasteiger partial charge in [0.15, 0.2) is 0 Å². The summed E-state index contributed by atoms with van der Waals surface area (Å²) in [6, 6.07) is 21.2. The summed E-state index contributed by atoms with van der Waals surface area (Å²) in [7, 11) is -1.25. The molecule has 0 bridgehead atoms. The maximum atomic E-state index is 9.74. The van der Waals surface area contributed by atoms with E-state index in [1.54, 1.807) is 7.11 Å². The van der Waals surface area contributed by atoms with E-state index < -0.39 is 14.4 Å². The minimum atomic E-state index is -2.88.